The van der Waals surface area contributed by atoms with Gasteiger partial charge in [-0.15, -0.1) is 0 Å². The number of hydrogen-bond donors (Lipinski definition) is 2. The van der Waals surface area contributed by atoms with Gasteiger partial charge in [0.05, 0.1) is 0 Å². The van der Waals surface area contributed by atoms with Crippen molar-refractivity contribution in [3.63, 3.8) is 0 Å². The second-order valence-corrected chi connectivity index (χ2v) is 5.02. The molecular formula is C14H22N2. The second kappa shape index (κ2) is 4.88. The fraction of sp³-hybridized carbons (Fsp3) is 0.571. The topological polar surface area (TPSA) is 38.0 Å². The molecule has 2 nitrogen and oxygen atoms in total. The summed E-state index contributed by atoms with van der Waals surface area (Å²) in [6.45, 7) is 4.28. The van der Waals surface area contributed by atoms with Gasteiger partial charge in [-0.1, -0.05) is 25.0 Å². The van der Waals surface area contributed by atoms with Crippen molar-refractivity contribution >= 4 is 5.69 Å². The minimum Gasteiger partial charge on any atom is -0.381 e. The molecular weight excluding hydrogens is 196 g/mol. The first-order valence-electron chi connectivity index (χ1n) is 6.26. The largest absolute Gasteiger partial charge is 0.381 e. The molecule has 2 rings (SSSR count). The minimum absolute atomic E-state index is 0.314. The number of aryl methyl sites for hydroxylation is 2. The maximum absolute atomic E-state index is 6.15. The van der Waals surface area contributed by atoms with E-state index in [1.54, 1.807) is 0 Å². The van der Waals surface area contributed by atoms with Gasteiger partial charge in [0.15, 0.2) is 0 Å². The molecule has 1 aliphatic rings. The number of hydrogen-bond acceptors (Lipinski definition) is 2. The Morgan fingerprint density at radius 3 is 2.69 bits per heavy atom. The average molecular weight is 218 g/mol. The molecule has 1 aromatic rings. The van der Waals surface area contributed by atoms with E-state index in [-0.39, 0.29) is 0 Å². The molecule has 3 N–H and O–H groups in total. The molecule has 0 bridgehead atoms. The monoisotopic (exact) mass is 218 g/mol. The van der Waals surface area contributed by atoms with Crippen LogP contribution in [0.5, 0.6) is 0 Å². The van der Waals surface area contributed by atoms with Gasteiger partial charge in [-0.05, 0) is 43.9 Å². The summed E-state index contributed by atoms with van der Waals surface area (Å²) in [5.74, 6) is 0. The van der Waals surface area contributed by atoms with E-state index in [2.05, 4.69) is 37.4 Å². The molecule has 0 amide bonds. The summed E-state index contributed by atoms with van der Waals surface area (Å²) in [5.41, 5.74) is 10.0. The van der Waals surface area contributed by atoms with Crippen LogP contribution in [-0.2, 0) is 0 Å². The molecule has 0 radical (unpaired) electrons. The van der Waals surface area contributed by atoms with E-state index < -0.39 is 0 Å². The first-order chi connectivity index (χ1) is 7.66. The van der Waals surface area contributed by atoms with Crippen LogP contribution in [-0.4, -0.2) is 12.1 Å². The molecule has 2 atom stereocenters. The Hall–Kier alpha value is -1.02. The quantitative estimate of drug-likeness (QED) is 0.801. The van der Waals surface area contributed by atoms with E-state index in [1.807, 2.05) is 0 Å². The second-order valence-electron chi connectivity index (χ2n) is 5.02. The van der Waals surface area contributed by atoms with E-state index in [9.17, 15) is 0 Å². The number of benzene rings is 1. The Balaban J connectivity index is 2.10. The van der Waals surface area contributed by atoms with E-state index in [0.29, 0.717) is 12.1 Å². The molecule has 0 heterocycles. The smallest absolute Gasteiger partial charge is 0.0412 e. The summed E-state index contributed by atoms with van der Waals surface area (Å²) in [7, 11) is 0. The van der Waals surface area contributed by atoms with Crippen LogP contribution in [0.3, 0.4) is 0 Å². The third-order valence-electron chi connectivity index (χ3n) is 3.55. The third-order valence-corrected chi connectivity index (χ3v) is 3.55. The van der Waals surface area contributed by atoms with Gasteiger partial charge in [0, 0.05) is 17.8 Å². The summed E-state index contributed by atoms with van der Waals surface area (Å²) in [6.07, 6.45) is 4.94. The first-order valence-corrected chi connectivity index (χ1v) is 6.26. The van der Waals surface area contributed by atoms with Crippen LogP contribution >= 0.6 is 0 Å². The molecule has 1 aliphatic carbocycles. The summed E-state index contributed by atoms with van der Waals surface area (Å²) in [6, 6.07) is 7.31. The van der Waals surface area contributed by atoms with Crippen LogP contribution in [0.25, 0.3) is 0 Å². The number of nitrogens with one attached hydrogen (secondary N) is 1. The van der Waals surface area contributed by atoms with Gasteiger partial charge < -0.3 is 11.1 Å². The van der Waals surface area contributed by atoms with Crippen LogP contribution in [0.15, 0.2) is 18.2 Å². The lowest BCUT2D eigenvalue weighted by atomic mass is 9.90. The standard InChI is InChI=1S/C14H22N2/c1-10-7-8-11(2)14(9-10)16-13-6-4-3-5-12(13)15/h7-9,12-13,16H,3-6,15H2,1-2H3/t12-,13+/m1/s1. The number of rotatable bonds is 2. The minimum atomic E-state index is 0.314. The predicted octanol–water partition coefficient (Wildman–Crippen LogP) is 2.99. The van der Waals surface area contributed by atoms with Gasteiger partial charge in [-0.2, -0.15) is 0 Å². The fourth-order valence-corrected chi connectivity index (χ4v) is 2.43. The lowest BCUT2D eigenvalue weighted by Crippen LogP contribution is -2.42. The van der Waals surface area contributed by atoms with Crippen molar-refractivity contribution in [1.82, 2.24) is 0 Å². The predicted molar refractivity (Wildman–Crippen MR) is 69.8 cm³/mol. The van der Waals surface area contributed by atoms with Crippen LogP contribution in [0.2, 0.25) is 0 Å². The Morgan fingerprint density at radius 1 is 1.19 bits per heavy atom. The van der Waals surface area contributed by atoms with Crippen LogP contribution < -0.4 is 11.1 Å². The Labute approximate surface area is 98.2 Å². The van der Waals surface area contributed by atoms with Crippen molar-refractivity contribution < 1.29 is 0 Å². The SMILES string of the molecule is Cc1ccc(C)c(N[C@H]2CCCC[C@H]2N)c1. The van der Waals surface area contributed by atoms with Gasteiger partial charge >= 0.3 is 0 Å². The lowest BCUT2D eigenvalue weighted by molar-refractivity contribution is 0.404. The van der Waals surface area contributed by atoms with Crippen LogP contribution in [0.1, 0.15) is 36.8 Å². The maximum atomic E-state index is 6.15. The molecule has 1 aromatic carbocycles. The summed E-state index contributed by atoms with van der Waals surface area (Å²) >= 11 is 0. The summed E-state index contributed by atoms with van der Waals surface area (Å²) in [5, 5.41) is 3.61. The van der Waals surface area contributed by atoms with Gasteiger partial charge in [-0.3, -0.25) is 0 Å². The lowest BCUT2D eigenvalue weighted by Gasteiger charge is -2.30. The van der Waals surface area contributed by atoms with Crippen molar-refractivity contribution in [2.75, 3.05) is 5.32 Å². The van der Waals surface area contributed by atoms with Crippen molar-refractivity contribution in [2.24, 2.45) is 5.73 Å². The van der Waals surface area contributed by atoms with Crippen LogP contribution in [0, 0.1) is 13.8 Å². The number of nitrogens with two attached hydrogens (primary N) is 1. The van der Waals surface area contributed by atoms with Gasteiger partial charge in [0.2, 0.25) is 0 Å². The van der Waals surface area contributed by atoms with Crippen LogP contribution in [0.4, 0.5) is 5.69 Å². The van der Waals surface area contributed by atoms with Crippen molar-refractivity contribution in [1.29, 1.82) is 0 Å². The zero-order valence-corrected chi connectivity index (χ0v) is 10.3. The Morgan fingerprint density at radius 2 is 1.94 bits per heavy atom. The van der Waals surface area contributed by atoms with Gasteiger partial charge in [0.1, 0.15) is 0 Å². The van der Waals surface area contributed by atoms with Gasteiger partial charge in [0.25, 0.3) is 0 Å². The maximum Gasteiger partial charge on any atom is 0.0412 e. The Kier molecular flexibility index (Phi) is 3.49. The van der Waals surface area contributed by atoms with Gasteiger partial charge in [-0.25, -0.2) is 0 Å². The number of anilines is 1. The molecule has 0 unspecified atom stereocenters. The van der Waals surface area contributed by atoms with E-state index in [0.717, 1.165) is 6.42 Å². The molecule has 0 aliphatic heterocycles. The Bertz CT molecular complexity index is 360. The molecule has 16 heavy (non-hydrogen) atoms. The molecule has 0 spiro atoms. The molecule has 0 aromatic heterocycles. The molecule has 0 saturated heterocycles. The van der Waals surface area contributed by atoms with Crippen molar-refractivity contribution in [3.8, 4) is 0 Å². The average Bonchev–Trinajstić information content (AvgIpc) is 2.27. The van der Waals surface area contributed by atoms with E-state index >= 15 is 0 Å². The zero-order chi connectivity index (χ0) is 11.5. The highest BCUT2D eigenvalue weighted by atomic mass is 15.0. The highest BCUT2D eigenvalue weighted by molar-refractivity contribution is 5.53. The van der Waals surface area contributed by atoms with Crippen molar-refractivity contribution in [2.45, 2.75) is 51.6 Å². The van der Waals surface area contributed by atoms with E-state index in [1.165, 1.54) is 36.1 Å². The molecule has 2 heteroatoms. The third kappa shape index (κ3) is 2.56. The first kappa shape index (κ1) is 11.5. The zero-order valence-electron chi connectivity index (χ0n) is 10.3. The summed E-state index contributed by atoms with van der Waals surface area (Å²) in [4.78, 5) is 0. The highest BCUT2D eigenvalue weighted by Gasteiger charge is 2.21. The molecule has 1 fully saturated rings. The van der Waals surface area contributed by atoms with E-state index in [4.69, 9.17) is 5.73 Å². The summed E-state index contributed by atoms with van der Waals surface area (Å²) < 4.78 is 0. The van der Waals surface area contributed by atoms with Crippen molar-refractivity contribution in [3.05, 3.63) is 29.3 Å². The highest BCUT2D eigenvalue weighted by Crippen LogP contribution is 2.23. The molecule has 88 valence electrons. The molecule has 1 saturated carbocycles. The fourth-order valence-electron chi connectivity index (χ4n) is 2.43. The normalized spacial score (nSPS) is 25.4.